The summed E-state index contributed by atoms with van der Waals surface area (Å²) in [6, 6.07) is 0. The number of carboxylic acid groups (broad SMARTS) is 1. The third-order valence-electron chi connectivity index (χ3n) is 3.23. The molecular formula is C16H26N2O4. The van der Waals surface area contributed by atoms with Crippen molar-refractivity contribution >= 4 is 17.8 Å². The quantitative estimate of drug-likeness (QED) is 0.694. The molecule has 6 nitrogen and oxygen atoms in total. The first-order chi connectivity index (χ1) is 10.3. The third kappa shape index (κ3) is 6.56. The van der Waals surface area contributed by atoms with Gasteiger partial charge >= 0.3 is 0 Å². The molecule has 0 aliphatic heterocycles. The summed E-state index contributed by atoms with van der Waals surface area (Å²) in [4.78, 5) is 32.6. The van der Waals surface area contributed by atoms with E-state index in [0.717, 1.165) is 19.8 Å². The SMILES string of the molecule is CC(=O)O.CCCNC(=O)C1=CC=CC(CCC)(C(N)=O)C1. The molecule has 2 amide bonds. The third-order valence-corrected chi connectivity index (χ3v) is 3.23. The minimum Gasteiger partial charge on any atom is -0.481 e. The molecule has 1 aliphatic rings. The molecule has 0 aromatic rings. The first kappa shape index (κ1) is 19.9. The number of amides is 2. The van der Waals surface area contributed by atoms with Crippen LogP contribution in [0.15, 0.2) is 23.8 Å². The molecule has 0 fully saturated rings. The van der Waals surface area contributed by atoms with Gasteiger partial charge < -0.3 is 16.2 Å². The Bertz CT molecular complexity index is 465. The molecule has 0 saturated carbocycles. The van der Waals surface area contributed by atoms with Crippen molar-refractivity contribution in [1.82, 2.24) is 5.32 Å². The number of allylic oxidation sites excluding steroid dienone is 2. The summed E-state index contributed by atoms with van der Waals surface area (Å²) >= 11 is 0. The number of nitrogens with two attached hydrogens (primary N) is 1. The predicted molar refractivity (Wildman–Crippen MR) is 85.0 cm³/mol. The van der Waals surface area contributed by atoms with Crippen LogP contribution in [-0.4, -0.2) is 29.4 Å². The highest BCUT2D eigenvalue weighted by Gasteiger charge is 2.36. The second-order valence-corrected chi connectivity index (χ2v) is 5.27. The van der Waals surface area contributed by atoms with E-state index in [0.29, 0.717) is 25.0 Å². The molecule has 0 aromatic heterocycles. The number of nitrogens with one attached hydrogen (secondary N) is 1. The van der Waals surface area contributed by atoms with Crippen molar-refractivity contribution in [2.45, 2.75) is 46.5 Å². The summed E-state index contributed by atoms with van der Waals surface area (Å²) < 4.78 is 0. The lowest BCUT2D eigenvalue weighted by atomic mass is 9.74. The minimum atomic E-state index is -0.833. The zero-order valence-electron chi connectivity index (χ0n) is 13.5. The van der Waals surface area contributed by atoms with E-state index < -0.39 is 11.4 Å². The summed E-state index contributed by atoms with van der Waals surface area (Å²) in [5, 5.41) is 10.2. The second kappa shape index (κ2) is 9.76. The van der Waals surface area contributed by atoms with Gasteiger partial charge in [-0.2, -0.15) is 0 Å². The van der Waals surface area contributed by atoms with Crippen LogP contribution in [0.2, 0.25) is 0 Å². The largest absolute Gasteiger partial charge is 0.481 e. The number of carbonyl (C=O) groups excluding carboxylic acids is 2. The Morgan fingerprint density at radius 1 is 1.32 bits per heavy atom. The average molecular weight is 310 g/mol. The maximum atomic E-state index is 11.9. The fraction of sp³-hybridized carbons (Fsp3) is 0.562. The lowest BCUT2D eigenvalue weighted by molar-refractivity contribution is -0.134. The van der Waals surface area contributed by atoms with Crippen molar-refractivity contribution in [2.75, 3.05) is 6.54 Å². The maximum absolute atomic E-state index is 11.9. The topological polar surface area (TPSA) is 109 Å². The van der Waals surface area contributed by atoms with Gasteiger partial charge in [0.2, 0.25) is 11.8 Å². The number of rotatable bonds is 6. The molecule has 1 unspecified atom stereocenters. The van der Waals surface area contributed by atoms with Gasteiger partial charge in [0.1, 0.15) is 0 Å². The van der Waals surface area contributed by atoms with Crippen LogP contribution in [-0.2, 0) is 14.4 Å². The first-order valence-corrected chi connectivity index (χ1v) is 7.45. The van der Waals surface area contributed by atoms with Crippen molar-refractivity contribution in [3.8, 4) is 0 Å². The van der Waals surface area contributed by atoms with Gasteiger partial charge in [0, 0.05) is 19.0 Å². The zero-order chi connectivity index (χ0) is 17.2. The van der Waals surface area contributed by atoms with Crippen LogP contribution in [0.25, 0.3) is 0 Å². The molecule has 1 rings (SSSR count). The highest BCUT2D eigenvalue weighted by molar-refractivity contribution is 5.96. The summed E-state index contributed by atoms with van der Waals surface area (Å²) in [5.41, 5.74) is 5.45. The lowest BCUT2D eigenvalue weighted by Crippen LogP contribution is -2.39. The zero-order valence-corrected chi connectivity index (χ0v) is 13.5. The van der Waals surface area contributed by atoms with E-state index in [4.69, 9.17) is 15.6 Å². The van der Waals surface area contributed by atoms with Crippen molar-refractivity contribution in [2.24, 2.45) is 11.1 Å². The maximum Gasteiger partial charge on any atom is 0.300 e. The van der Waals surface area contributed by atoms with E-state index in [9.17, 15) is 9.59 Å². The number of hydrogen-bond donors (Lipinski definition) is 3. The molecule has 0 radical (unpaired) electrons. The fourth-order valence-corrected chi connectivity index (χ4v) is 2.22. The normalized spacial score (nSPS) is 19.5. The Morgan fingerprint density at radius 3 is 2.36 bits per heavy atom. The van der Waals surface area contributed by atoms with Gasteiger partial charge in [-0.1, -0.05) is 38.5 Å². The van der Waals surface area contributed by atoms with Crippen LogP contribution < -0.4 is 11.1 Å². The van der Waals surface area contributed by atoms with E-state index in [1.165, 1.54) is 0 Å². The van der Waals surface area contributed by atoms with E-state index in [-0.39, 0.29) is 11.8 Å². The van der Waals surface area contributed by atoms with Crippen LogP contribution in [0.5, 0.6) is 0 Å². The Morgan fingerprint density at radius 2 is 1.91 bits per heavy atom. The van der Waals surface area contributed by atoms with Crippen molar-refractivity contribution < 1.29 is 19.5 Å². The Labute approximate surface area is 131 Å². The summed E-state index contributed by atoms with van der Waals surface area (Å²) in [5.74, 6) is -1.28. The van der Waals surface area contributed by atoms with Gasteiger partial charge in [-0.05, 0) is 19.3 Å². The van der Waals surface area contributed by atoms with Crippen molar-refractivity contribution in [3.63, 3.8) is 0 Å². The highest BCUT2D eigenvalue weighted by atomic mass is 16.4. The molecule has 6 heteroatoms. The Kier molecular flexibility index (Phi) is 8.82. The summed E-state index contributed by atoms with van der Waals surface area (Å²) in [7, 11) is 0. The van der Waals surface area contributed by atoms with E-state index in [1.54, 1.807) is 12.2 Å². The molecule has 4 N–H and O–H groups in total. The van der Waals surface area contributed by atoms with Gasteiger partial charge in [-0.25, -0.2) is 0 Å². The molecule has 0 aromatic carbocycles. The van der Waals surface area contributed by atoms with Crippen LogP contribution in [0, 0.1) is 5.41 Å². The number of carbonyl (C=O) groups is 3. The summed E-state index contributed by atoms with van der Waals surface area (Å²) in [6.45, 7) is 5.74. The van der Waals surface area contributed by atoms with Crippen LogP contribution in [0.4, 0.5) is 0 Å². The number of aliphatic carboxylic acids is 1. The van der Waals surface area contributed by atoms with Crippen molar-refractivity contribution in [1.29, 1.82) is 0 Å². The van der Waals surface area contributed by atoms with E-state index >= 15 is 0 Å². The van der Waals surface area contributed by atoms with Crippen molar-refractivity contribution in [3.05, 3.63) is 23.8 Å². The smallest absolute Gasteiger partial charge is 0.300 e. The molecule has 22 heavy (non-hydrogen) atoms. The molecule has 0 heterocycles. The standard InChI is InChI=1S/C14H22N2O2.C2H4O2/c1-3-7-14(13(15)18)8-5-6-11(10-14)12(17)16-9-4-2;1-2(3)4/h5-6,8H,3-4,7,9-10H2,1-2H3,(H2,15,18)(H,16,17);1H3,(H,3,4). The summed E-state index contributed by atoms with van der Waals surface area (Å²) in [6.07, 6.45) is 8.20. The molecule has 0 saturated heterocycles. The van der Waals surface area contributed by atoms with Gasteiger partial charge in [0.05, 0.1) is 5.41 Å². The van der Waals surface area contributed by atoms with Gasteiger partial charge in [0.15, 0.2) is 0 Å². The Balaban J connectivity index is 0.000000980. The monoisotopic (exact) mass is 310 g/mol. The van der Waals surface area contributed by atoms with E-state index in [1.807, 2.05) is 19.9 Å². The molecule has 1 aliphatic carbocycles. The Hall–Kier alpha value is -2.11. The van der Waals surface area contributed by atoms with Gasteiger partial charge in [-0.3, -0.25) is 14.4 Å². The van der Waals surface area contributed by atoms with Gasteiger partial charge in [-0.15, -0.1) is 0 Å². The second-order valence-electron chi connectivity index (χ2n) is 5.27. The van der Waals surface area contributed by atoms with E-state index in [2.05, 4.69) is 5.32 Å². The molecule has 0 bridgehead atoms. The lowest BCUT2D eigenvalue weighted by Gasteiger charge is -2.30. The number of primary amides is 1. The highest BCUT2D eigenvalue weighted by Crippen LogP contribution is 2.36. The first-order valence-electron chi connectivity index (χ1n) is 7.45. The van der Waals surface area contributed by atoms with Gasteiger partial charge in [0.25, 0.3) is 5.97 Å². The molecular weight excluding hydrogens is 284 g/mol. The number of carboxylic acids is 1. The molecule has 124 valence electrons. The minimum absolute atomic E-state index is 0.0945. The average Bonchev–Trinajstić information content (AvgIpc) is 2.44. The van der Waals surface area contributed by atoms with Crippen LogP contribution in [0.3, 0.4) is 0 Å². The molecule has 1 atom stereocenters. The van der Waals surface area contributed by atoms with Crippen LogP contribution in [0.1, 0.15) is 46.5 Å². The fourth-order valence-electron chi connectivity index (χ4n) is 2.22. The predicted octanol–water partition coefficient (Wildman–Crippen LogP) is 1.76. The molecule has 0 spiro atoms. The van der Waals surface area contributed by atoms with Crippen LogP contribution >= 0.6 is 0 Å². The number of hydrogen-bond acceptors (Lipinski definition) is 3.